The SMILES string of the molecule is COC(CN)OCc1ccc(CCCO)s1. The van der Waals surface area contributed by atoms with E-state index in [1.54, 1.807) is 18.4 Å². The second-order valence-corrected chi connectivity index (χ2v) is 4.66. The Kier molecular flexibility index (Phi) is 6.59. The molecule has 0 aliphatic heterocycles. The fourth-order valence-corrected chi connectivity index (χ4v) is 2.28. The quantitative estimate of drug-likeness (QED) is 0.674. The van der Waals surface area contributed by atoms with Crippen LogP contribution in [0.4, 0.5) is 0 Å². The highest BCUT2D eigenvalue weighted by Gasteiger charge is 2.06. The number of aryl methyl sites for hydroxylation is 1. The van der Waals surface area contributed by atoms with Crippen molar-refractivity contribution in [3.8, 4) is 0 Å². The number of aliphatic hydroxyl groups excluding tert-OH is 1. The number of methoxy groups -OCH3 is 1. The molecule has 1 atom stereocenters. The highest BCUT2D eigenvalue weighted by atomic mass is 32.1. The van der Waals surface area contributed by atoms with Gasteiger partial charge in [-0.25, -0.2) is 0 Å². The smallest absolute Gasteiger partial charge is 0.169 e. The second kappa shape index (κ2) is 7.76. The Morgan fingerprint density at radius 1 is 1.44 bits per heavy atom. The molecule has 0 aliphatic carbocycles. The van der Waals surface area contributed by atoms with E-state index in [-0.39, 0.29) is 12.9 Å². The summed E-state index contributed by atoms with van der Waals surface area (Å²) < 4.78 is 10.5. The predicted octanol–water partition coefficient (Wildman–Crippen LogP) is 1.12. The van der Waals surface area contributed by atoms with Crippen LogP contribution in [-0.2, 0) is 22.5 Å². The van der Waals surface area contributed by atoms with Gasteiger partial charge in [-0.3, -0.25) is 0 Å². The van der Waals surface area contributed by atoms with E-state index in [2.05, 4.69) is 6.07 Å². The van der Waals surface area contributed by atoms with Crippen LogP contribution in [0.3, 0.4) is 0 Å². The van der Waals surface area contributed by atoms with E-state index in [4.69, 9.17) is 20.3 Å². The number of ether oxygens (including phenoxy) is 2. The van der Waals surface area contributed by atoms with Gasteiger partial charge < -0.3 is 20.3 Å². The number of hydrogen-bond acceptors (Lipinski definition) is 5. The lowest BCUT2D eigenvalue weighted by atomic mass is 10.3. The van der Waals surface area contributed by atoms with E-state index in [1.807, 2.05) is 6.07 Å². The zero-order chi connectivity index (χ0) is 11.8. The number of rotatable bonds is 8. The molecule has 0 amide bonds. The zero-order valence-corrected chi connectivity index (χ0v) is 10.3. The predicted molar refractivity (Wildman–Crippen MR) is 64.4 cm³/mol. The van der Waals surface area contributed by atoms with E-state index in [0.717, 1.165) is 17.7 Å². The molecule has 1 unspecified atom stereocenters. The molecule has 0 aromatic carbocycles. The molecule has 16 heavy (non-hydrogen) atoms. The molecule has 1 aromatic rings. The summed E-state index contributed by atoms with van der Waals surface area (Å²) in [5.41, 5.74) is 5.44. The van der Waals surface area contributed by atoms with Crippen LogP contribution in [0.2, 0.25) is 0 Å². The fraction of sp³-hybridized carbons (Fsp3) is 0.636. The summed E-state index contributed by atoms with van der Waals surface area (Å²) in [5, 5.41) is 8.72. The van der Waals surface area contributed by atoms with Gasteiger partial charge in [-0.15, -0.1) is 11.3 Å². The molecule has 0 spiro atoms. The third-order valence-corrected chi connectivity index (χ3v) is 3.28. The number of thiophene rings is 1. The summed E-state index contributed by atoms with van der Waals surface area (Å²) in [5.74, 6) is 0. The lowest BCUT2D eigenvalue weighted by Crippen LogP contribution is -2.25. The Balaban J connectivity index is 2.33. The van der Waals surface area contributed by atoms with Crippen LogP contribution in [-0.4, -0.2) is 31.7 Å². The van der Waals surface area contributed by atoms with Gasteiger partial charge >= 0.3 is 0 Å². The summed E-state index contributed by atoms with van der Waals surface area (Å²) in [6, 6.07) is 4.11. The van der Waals surface area contributed by atoms with Gasteiger partial charge in [0.25, 0.3) is 0 Å². The van der Waals surface area contributed by atoms with Gasteiger partial charge in [-0.1, -0.05) is 0 Å². The minimum absolute atomic E-state index is 0.239. The summed E-state index contributed by atoms with van der Waals surface area (Å²) in [6.45, 7) is 1.13. The minimum atomic E-state index is -0.331. The molecule has 0 bridgehead atoms. The Morgan fingerprint density at radius 2 is 2.19 bits per heavy atom. The van der Waals surface area contributed by atoms with Crippen LogP contribution >= 0.6 is 11.3 Å². The molecular weight excluding hydrogens is 226 g/mol. The summed E-state index contributed by atoms with van der Waals surface area (Å²) in [6.07, 6.45) is 1.40. The monoisotopic (exact) mass is 245 g/mol. The topological polar surface area (TPSA) is 64.7 Å². The first kappa shape index (κ1) is 13.6. The van der Waals surface area contributed by atoms with Crippen LogP contribution in [0.25, 0.3) is 0 Å². The molecule has 4 nitrogen and oxygen atoms in total. The Hall–Kier alpha value is -0.460. The minimum Gasteiger partial charge on any atom is -0.396 e. The van der Waals surface area contributed by atoms with Crippen molar-refractivity contribution in [2.75, 3.05) is 20.3 Å². The highest BCUT2D eigenvalue weighted by molar-refractivity contribution is 7.11. The van der Waals surface area contributed by atoms with Crippen molar-refractivity contribution < 1.29 is 14.6 Å². The van der Waals surface area contributed by atoms with Crippen LogP contribution in [0.1, 0.15) is 16.2 Å². The maximum Gasteiger partial charge on any atom is 0.169 e. The van der Waals surface area contributed by atoms with Gasteiger partial charge in [-0.05, 0) is 25.0 Å². The van der Waals surface area contributed by atoms with Crippen LogP contribution in [0.5, 0.6) is 0 Å². The van der Waals surface area contributed by atoms with E-state index in [1.165, 1.54) is 4.88 Å². The standard InChI is InChI=1S/C11H19NO3S/c1-14-11(7-12)15-8-10-5-4-9(16-10)3-2-6-13/h4-5,11,13H,2-3,6-8,12H2,1H3. The van der Waals surface area contributed by atoms with Gasteiger partial charge in [0.05, 0.1) is 6.61 Å². The van der Waals surface area contributed by atoms with Crippen molar-refractivity contribution in [2.24, 2.45) is 5.73 Å². The summed E-state index contributed by atoms with van der Waals surface area (Å²) >= 11 is 1.70. The molecule has 1 rings (SSSR count). The molecule has 0 radical (unpaired) electrons. The molecule has 3 N–H and O–H groups in total. The van der Waals surface area contributed by atoms with Crippen molar-refractivity contribution in [1.82, 2.24) is 0 Å². The summed E-state index contributed by atoms with van der Waals surface area (Å²) in [4.78, 5) is 2.43. The van der Waals surface area contributed by atoms with E-state index in [0.29, 0.717) is 13.2 Å². The van der Waals surface area contributed by atoms with Gasteiger partial charge in [-0.2, -0.15) is 0 Å². The van der Waals surface area contributed by atoms with Crippen LogP contribution < -0.4 is 5.73 Å². The van der Waals surface area contributed by atoms with Crippen molar-refractivity contribution in [3.05, 3.63) is 21.9 Å². The lowest BCUT2D eigenvalue weighted by Gasteiger charge is -2.12. The fourth-order valence-electron chi connectivity index (χ4n) is 1.29. The summed E-state index contributed by atoms with van der Waals surface area (Å²) in [7, 11) is 1.58. The number of aliphatic hydroxyl groups is 1. The molecule has 5 heteroatoms. The largest absolute Gasteiger partial charge is 0.396 e. The third kappa shape index (κ3) is 4.59. The molecule has 0 saturated carbocycles. The maximum absolute atomic E-state index is 8.72. The lowest BCUT2D eigenvalue weighted by molar-refractivity contribution is -0.123. The van der Waals surface area contributed by atoms with E-state index < -0.39 is 0 Å². The van der Waals surface area contributed by atoms with E-state index >= 15 is 0 Å². The van der Waals surface area contributed by atoms with Gasteiger partial charge in [0.1, 0.15) is 0 Å². The van der Waals surface area contributed by atoms with Crippen LogP contribution in [0, 0.1) is 0 Å². The van der Waals surface area contributed by atoms with Gasteiger partial charge in [0.2, 0.25) is 0 Å². The first-order valence-electron chi connectivity index (χ1n) is 5.33. The third-order valence-electron chi connectivity index (χ3n) is 2.17. The molecule has 0 fully saturated rings. The van der Waals surface area contributed by atoms with E-state index in [9.17, 15) is 0 Å². The molecule has 0 aliphatic rings. The Bertz CT molecular complexity index is 287. The first-order valence-corrected chi connectivity index (χ1v) is 6.14. The van der Waals surface area contributed by atoms with Gasteiger partial charge in [0, 0.05) is 30.0 Å². The van der Waals surface area contributed by atoms with Crippen LogP contribution in [0.15, 0.2) is 12.1 Å². The van der Waals surface area contributed by atoms with Crippen molar-refractivity contribution in [3.63, 3.8) is 0 Å². The van der Waals surface area contributed by atoms with Crippen molar-refractivity contribution in [2.45, 2.75) is 25.7 Å². The molecule has 92 valence electrons. The number of hydrogen-bond donors (Lipinski definition) is 2. The molecule has 1 aromatic heterocycles. The molecular formula is C11H19NO3S. The molecule has 1 heterocycles. The molecule has 0 saturated heterocycles. The first-order chi connectivity index (χ1) is 7.80. The Morgan fingerprint density at radius 3 is 2.81 bits per heavy atom. The Labute approximate surface area is 100.0 Å². The normalized spacial score (nSPS) is 12.9. The van der Waals surface area contributed by atoms with Crippen molar-refractivity contribution in [1.29, 1.82) is 0 Å². The van der Waals surface area contributed by atoms with Gasteiger partial charge in [0.15, 0.2) is 6.29 Å². The highest BCUT2D eigenvalue weighted by Crippen LogP contribution is 2.19. The second-order valence-electron chi connectivity index (χ2n) is 3.41. The number of nitrogens with two attached hydrogens (primary N) is 1. The average molecular weight is 245 g/mol. The zero-order valence-electron chi connectivity index (χ0n) is 9.52. The maximum atomic E-state index is 8.72. The van der Waals surface area contributed by atoms with Crippen molar-refractivity contribution >= 4 is 11.3 Å². The average Bonchev–Trinajstić information content (AvgIpc) is 2.76.